The number of amides is 1. The van der Waals surface area contributed by atoms with Crippen molar-refractivity contribution in [3.05, 3.63) is 70.0 Å². The van der Waals surface area contributed by atoms with Gasteiger partial charge in [0.25, 0.3) is 5.91 Å². The van der Waals surface area contributed by atoms with E-state index in [4.69, 9.17) is 0 Å². The second-order valence-corrected chi connectivity index (χ2v) is 6.20. The Morgan fingerprint density at radius 3 is 2.54 bits per heavy atom. The third-order valence-corrected chi connectivity index (χ3v) is 4.62. The summed E-state index contributed by atoms with van der Waals surface area (Å²) < 4.78 is 0. The Balaban J connectivity index is 1.89. The molecular weight excluding hydrogens is 326 g/mol. The number of para-hydroxylation sites is 1. The molecule has 3 aromatic rings. The summed E-state index contributed by atoms with van der Waals surface area (Å²) in [5, 5.41) is 3.36. The molecule has 3 rings (SSSR count). The number of fused-ring (bicyclic) bond motifs is 1. The first-order valence-electron chi connectivity index (χ1n) is 8.82. The number of aromatic amines is 1. The normalized spacial score (nSPS) is 10.7. The van der Waals surface area contributed by atoms with Crippen molar-refractivity contribution in [2.24, 2.45) is 0 Å². The number of pyridine rings is 1. The van der Waals surface area contributed by atoms with Crippen LogP contribution in [0, 0.1) is 6.92 Å². The van der Waals surface area contributed by atoms with Crippen LogP contribution >= 0.6 is 0 Å². The van der Waals surface area contributed by atoms with E-state index in [9.17, 15) is 9.59 Å². The molecule has 134 valence electrons. The highest BCUT2D eigenvalue weighted by Gasteiger charge is 2.14. The van der Waals surface area contributed by atoms with Crippen molar-refractivity contribution in [1.29, 1.82) is 0 Å². The molecule has 0 saturated heterocycles. The summed E-state index contributed by atoms with van der Waals surface area (Å²) >= 11 is 0. The standard InChI is InChI=1S/C21H23N3O2/c1-4-24(5-2)15-10-11-18(14(3)12-15)23-21(26)17-13-22-19-9-7-6-8-16(19)20(17)25/h6-13H,4-5H2,1-3H3,(H,22,25)(H,23,26). The highest BCUT2D eigenvalue weighted by molar-refractivity contribution is 6.06. The number of hydrogen-bond acceptors (Lipinski definition) is 3. The molecule has 0 aliphatic heterocycles. The highest BCUT2D eigenvalue weighted by atomic mass is 16.2. The van der Waals surface area contributed by atoms with Gasteiger partial charge in [0, 0.05) is 41.6 Å². The molecule has 0 unspecified atom stereocenters. The second-order valence-electron chi connectivity index (χ2n) is 6.20. The summed E-state index contributed by atoms with van der Waals surface area (Å²) in [6, 6.07) is 13.1. The topological polar surface area (TPSA) is 65.2 Å². The van der Waals surface area contributed by atoms with E-state index < -0.39 is 5.91 Å². The van der Waals surface area contributed by atoms with E-state index in [1.54, 1.807) is 12.1 Å². The molecule has 0 aliphatic rings. The molecule has 1 heterocycles. The summed E-state index contributed by atoms with van der Waals surface area (Å²) in [6.07, 6.45) is 1.47. The van der Waals surface area contributed by atoms with Gasteiger partial charge in [-0.05, 0) is 56.7 Å². The third kappa shape index (κ3) is 3.33. The molecule has 0 spiro atoms. The number of nitrogens with zero attached hydrogens (tertiary/aromatic N) is 1. The Kier molecular flexibility index (Phi) is 5.07. The molecular formula is C21H23N3O2. The van der Waals surface area contributed by atoms with Gasteiger partial charge in [0.1, 0.15) is 5.56 Å². The molecule has 0 aliphatic carbocycles. The van der Waals surface area contributed by atoms with Gasteiger partial charge < -0.3 is 15.2 Å². The highest BCUT2D eigenvalue weighted by Crippen LogP contribution is 2.23. The van der Waals surface area contributed by atoms with Gasteiger partial charge in [0.15, 0.2) is 0 Å². The average molecular weight is 349 g/mol. The lowest BCUT2D eigenvalue weighted by Crippen LogP contribution is -2.23. The smallest absolute Gasteiger partial charge is 0.261 e. The van der Waals surface area contributed by atoms with E-state index in [2.05, 4.69) is 29.0 Å². The Labute approximate surface area is 152 Å². The minimum absolute atomic E-state index is 0.107. The van der Waals surface area contributed by atoms with Crippen LogP contribution in [-0.2, 0) is 0 Å². The van der Waals surface area contributed by atoms with Gasteiger partial charge >= 0.3 is 0 Å². The predicted molar refractivity (Wildman–Crippen MR) is 107 cm³/mol. The summed E-state index contributed by atoms with van der Waals surface area (Å²) in [4.78, 5) is 30.5. The Hall–Kier alpha value is -3.08. The van der Waals surface area contributed by atoms with Gasteiger partial charge in [-0.15, -0.1) is 0 Å². The first kappa shape index (κ1) is 17.7. The number of hydrogen-bond donors (Lipinski definition) is 2. The van der Waals surface area contributed by atoms with Crippen molar-refractivity contribution in [3.8, 4) is 0 Å². The van der Waals surface area contributed by atoms with Crippen molar-refractivity contribution in [2.45, 2.75) is 20.8 Å². The average Bonchev–Trinajstić information content (AvgIpc) is 2.65. The number of H-pyrrole nitrogens is 1. The molecule has 26 heavy (non-hydrogen) atoms. The van der Waals surface area contributed by atoms with Gasteiger partial charge in [0.2, 0.25) is 5.43 Å². The van der Waals surface area contributed by atoms with Crippen molar-refractivity contribution in [2.75, 3.05) is 23.3 Å². The van der Waals surface area contributed by atoms with Gasteiger partial charge in [-0.3, -0.25) is 9.59 Å². The number of aromatic nitrogens is 1. The zero-order valence-electron chi connectivity index (χ0n) is 15.3. The zero-order valence-corrected chi connectivity index (χ0v) is 15.3. The van der Waals surface area contributed by atoms with Crippen LogP contribution < -0.4 is 15.6 Å². The van der Waals surface area contributed by atoms with Crippen LogP contribution in [0.15, 0.2) is 53.5 Å². The number of carbonyl (C=O) groups excluding carboxylic acids is 1. The lowest BCUT2D eigenvalue weighted by molar-refractivity contribution is 0.102. The maximum Gasteiger partial charge on any atom is 0.261 e. The maximum atomic E-state index is 12.6. The Morgan fingerprint density at radius 1 is 1.12 bits per heavy atom. The van der Waals surface area contributed by atoms with E-state index >= 15 is 0 Å². The van der Waals surface area contributed by atoms with E-state index in [-0.39, 0.29) is 11.0 Å². The molecule has 2 aromatic carbocycles. The molecule has 0 saturated carbocycles. The Bertz CT molecular complexity index is 1000. The van der Waals surface area contributed by atoms with Gasteiger partial charge in [-0.2, -0.15) is 0 Å². The van der Waals surface area contributed by atoms with Crippen LogP contribution in [-0.4, -0.2) is 24.0 Å². The van der Waals surface area contributed by atoms with Crippen LogP contribution in [0.3, 0.4) is 0 Å². The zero-order chi connectivity index (χ0) is 18.7. The largest absolute Gasteiger partial charge is 0.372 e. The molecule has 0 radical (unpaired) electrons. The first-order valence-corrected chi connectivity index (χ1v) is 8.82. The molecule has 1 amide bonds. The maximum absolute atomic E-state index is 12.6. The molecule has 0 fully saturated rings. The minimum atomic E-state index is -0.407. The van der Waals surface area contributed by atoms with E-state index in [0.29, 0.717) is 16.6 Å². The fourth-order valence-electron chi connectivity index (χ4n) is 3.10. The van der Waals surface area contributed by atoms with Crippen LogP contribution in [0.5, 0.6) is 0 Å². The lowest BCUT2D eigenvalue weighted by atomic mass is 10.1. The molecule has 0 bridgehead atoms. The Morgan fingerprint density at radius 2 is 1.85 bits per heavy atom. The number of rotatable bonds is 5. The van der Waals surface area contributed by atoms with Crippen molar-refractivity contribution >= 4 is 28.2 Å². The van der Waals surface area contributed by atoms with Crippen LogP contribution in [0.1, 0.15) is 29.8 Å². The summed E-state index contributed by atoms with van der Waals surface area (Å²) in [5.74, 6) is -0.407. The van der Waals surface area contributed by atoms with Crippen molar-refractivity contribution in [3.63, 3.8) is 0 Å². The number of nitrogens with one attached hydrogen (secondary N) is 2. The van der Waals surface area contributed by atoms with E-state index in [0.717, 1.165) is 24.3 Å². The lowest BCUT2D eigenvalue weighted by Gasteiger charge is -2.22. The van der Waals surface area contributed by atoms with Crippen LogP contribution in [0.25, 0.3) is 10.9 Å². The molecule has 2 N–H and O–H groups in total. The van der Waals surface area contributed by atoms with E-state index in [1.165, 1.54) is 6.20 Å². The molecule has 5 heteroatoms. The molecule has 5 nitrogen and oxygen atoms in total. The van der Waals surface area contributed by atoms with Gasteiger partial charge in [-0.25, -0.2) is 0 Å². The number of carbonyl (C=O) groups is 1. The summed E-state index contributed by atoms with van der Waals surface area (Å²) in [6.45, 7) is 8.02. The van der Waals surface area contributed by atoms with Crippen molar-refractivity contribution in [1.82, 2.24) is 4.98 Å². The second kappa shape index (κ2) is 7.44. The molecule has 1 aromatic heterocycles. The number of aryl methyl sites for hydroxylation is 1. The summed E-state index contributed by atoms with van der Waals surface area (Å²) in [5.41, 5.74) is 3.34. The van der Waals surface area contributed by atoms with Crippen molar-refractivity contribution < 1.29 is 4.79 Å². The number of anilines is 2. The van der Waals surface area contributed by atoms with Gasteiger partial charge in [-0.1, -0.05) is 12.1 Å². The summed E-state index contributed by atoms with van der Waals surface area (Å²) in [7, 11) is 0. The molecule has 0 atom stereocenters. The first-order chi connectivity index (χ1) is 12.5. The predicted octanol–water partition coefficient (Wildman–Crippen LogP) is 3.94. The quantitative estimate of drug-likeness (QED) is 0.733. The van der Waals surface area contributed by atoms with Gasteiger partial charge in [0.05, 0.1) is 0 Å². The minimum Gasteiger partial charge on any atom is -0.372 e. The number of benzene rings is 2. The van der Waals surface area contributed by atoms with E-state index in [1.807, 2.05) is 37.3 Å². The van der Waals surface area contributed by atoms with Crippen LogP contribution in [0.4, 0.5) is 11.4 Å². The third-order valence-electron chi connectivity index (χ3n) is 4.62. The fourth-order valence-corrected chi connectivity index (χ4v) is 3.10. The SMILES string of the molecule is CCN(CC)c1ccc(NC(=O)c2c[nH]c3ccccc3c2=O)c(C)c1. The van der Waals surface area contributed by atoms with Crippen LogP contribution in [0.2, 0.25) is 0 Å². The fraction of sp³-hybridized carbons (Fsp3) is 0.238. The monoisotopic (exact) mass is 349 g/mol.